The smallest absolute Gasteiger partial charge is 0.393 e. The minimum absolute atomic E-state index is 0.00312. The molecule has 0 unspecified atom stereocenters. The summed E-state index contributed by atoms with van der Waals surface area (Å²) in [6.45, 7) is 1.48. The third-order valence-corrected chi connectivity index (χ3v) is 7.50. The predicted octanol–water partition coefficient (Wildman–Crippen LogP) is 2.61. The number of likely N-dealkylation sites (tertiary alicyclic amines) is 1. The number of anilines is 2. The van der Waals surface area contributed by atoms with Crippen LogP contribution >= 0.6 is 0 Å². The Hall–Kier alpha value is -4.23. The topological polar surface area (TPSA) is 125 Å². The average Bonchev–Trinajstić information content (AvgIpc) is 3.36. The van der Waals surface area contributed by atoms with Crippen LogP contribution in [0.3, 0.4) is 0 Å². The summed E-state index contributed by atoms with van der Waals surface area (Å²) in [5.74, 6) is -1.58. The zero-order valence-corrected chi connectivity index (χ0v) is 22.3. The number of fused-ring (bicyclic) bond motifs is 1. The molecular weight excluding hydrogens is 541 g/mol. The van der Waals surface area contributed by atoms with Gasteiger partial charge in [-0.2, -0.15) is 18.3 Å². The molecule has 2 aromatic carbocycles. The molecule has 0 saturated carbocycles. The standard InChI is InChI=1S/C28H29F3N6O4/c1-34(23(39)16-35-12-9-21(38)10-13-35)18-5-7-19(8-6-18)36-14-11-22-24(27(36)41)37(33-25(22)28(29,30)31)20-4-2-3-17(15-20)26(32)40/h2-8,15,21,38H,9-14,16H2,1H3,(H2,32,40). The molecule has 5 rings (SSSR count). The van der Waals surface area contributed by atoms with Crippen molar-refractivity contribution in [3.8, 4) is 5.69 Å². The molecule has 216 valence electrons. The van der Waals surface area contributed by atoms with Gasteiger partial charge in [0.2, 0.25) is 11.8 Å². The summed E-state index contributed by atoms with van der Waals surface area (Å²) in [6, 6.07) is 12.2. The normalized spacial score (nSPS) is 16.5. The van der Waals surface area contributed by atoms with Crippen LogP contribution in [0.4, 0.5) is 24.5 Å². The van der Waals surface area contributed by atoms with E-state index in [1.165, 1.54) is 34.1 Å². The molecule has 2 aliphatic rings. The maximum atomic E-state index is 13.9. The van der Waals surface area contributed by atoms with E-state index in [1.54, 1.807) is 31.3 Å². The van der Waals surface area contributed by atoms with Crippen LogP contribution in [-0.2, 0) is 17.4 Å². The second-order valence-corrected chi connectivity index (χ2v) is 10.2. The molecule has 3 aromatic rings. The molecule has 41 heavy (non-hydrogen) atoms. The molecule has 0 bridgehead atoms. The van der Waals surface area contributed by atoms with E-state index >= 15 is 0 Å². The third-order valence-electron chi connectivity index (χ3n) is 7.50. The lowest BCUT2D eigenvalue weighted by molar-refractivity contribution is -0.142. The summed E-state index contributed by atoms with van der Waals surface area (Å²) >= 11 is 0. The summed E-state index contributed by atoms with van der Waals surface area (Å²) in [7, 11) is 1.64. The highest BCUT2D eigenvalue weighted by molar-refractivity contribution is 6.08. The number of alkyl halides is 3. The number of amides is 3. The number of rotatable bonds is 6. The molecule has 1 aromatic heterocycles. The van der Waals surface area contributed by atoms with Gasteiger partial charge in [-0.1, -0.05) is 6.07 Å². The highest BCUT2D eigenvalue weighted by atomic mass is 19.4. The number of aliphatic hydroxyl groups excluding tert-OH is 1. The summed E-state index contributed by atoms with van der Waals surface area (Å²) in [4.78, 5) is 43.0. The lowest BCUT2D eigenvalue weighted by Crippen LogP contribution is -2.43. The van der Waals surface area contributed by atoms with Crippen LogP contribution in [0.25, 0.3) is 5.69 Å². The summed E-state index contributed by atoms with van der Waals surface area (Å²) in [6.07, 6.45) is -3.96. The van der Waals surface area contributed by atoms with Crippen LogP contribution in [0.5, 0.6) is 0 Å². The molecule has 3 amide bonds. The fraction of sp³-hybridized carbons (Fsp3) is 0.357. The maximum absolute atomic E-state index is 13.9. The molecule has 1 saturated heterocycles. The van der Waals surface area contributed by atoms with Crippen molar-refractivity contribution in [2.45, 2.75) is 31.5 Å². The van der Waals surface area contributed by atoms with Crippen molar-refractivity contribution >= 4 is 29.1 Å². The molecule has 1 fully saturated rings. The molecule has 0 atom stereocenters. The fourth-order valence-electron chi connectivity index (χ4n) is 5.19. The number of carbonyl (C=O) groups excluding carboxylic acids is 3. The minimum atomic E-state index is -4.79. The van der Waals surface area contributed by atoms with Crippen molar-refractivity contribution in [1.82, 2.24) is 14.7 Å². The van der Waals surface area contributed by atoms with Crippen LogP contribution in [0.2, 0.25) is 0 Å². The van der Waals surface area contributed by atoms with E-state index in [0.29, 0.717) is 37.3 Å². The Labute approximate surface area is 233 Å². The van der Waals surface area contributed by atoms with Gasteiger partial charge in [0.15, 0.2) is 5.69 Å². The predicted molar refractivity (Wildman–Crippen MR) is 144 cm³/mol. The lowest BCUT2D eigenvalue weighted by atomic mass is 10.0. The zero-order chi connectivity index (χ0) is 29.5. The van der Waals surface area contributed by atoms with Crippen LogP contribution in [0.1, 0.15) is 44.9 Å². The molecular formula is C28H29F3N6O4. The summed E-state index contributed by atoms with van der Waals surface area (Å²) < 4.78 is 42.6. The second kappa shape index (κ2) is 11.0. The van der Waals surface area contributed by atoms with Crippen molar-refractivity contribution < 1.29 is 32.7 Å². The van der Waals surface area contributed by atoms with Gasteiger partial charge in [0.1, 0.15) is 5.69 Å². The van der Waals surface area contributed by atoms with E-state index in [4.69, 9.17) is 5.73 Å². The number of piperidine rings is 1. The highest BCUT2D eigenvalue weighted by Gasteiger charge is 2.43. The first-order valence-electron chi connectivity index (χ1n) is 13.1. The van der Waals surface area contributed by atoms with Gasteiger partial charge in [-0.15, -0.1) is 0 Å². The Bertz CT molecular complexity index is 1480. The number of likely N-dealkylation sites (N-methyl/N-ethyl adjacent to an activating group) is 1. The Balaban J connectivity index is 1.40. The van der Waals surface area contributed by atoms with Crippen LogP contribution < -0.4 is 15.5 Å². The van der Waals surface area contributed by atoms with E-state index < -0.39 is 23.7 Å². The Morgan fingerprint density at radius 3 is 2.39 bits per heavy atom. The van der Waals surface area contributed by atoms with Gasteiger partial charge in [-0.25, -0.2) is 4.68 Å². The van der Waals surface area contributed by atoms with Crippen molar-refractivity contribution in [3.63, 3.8) is 0 Å². The SMILES string of the molecule is CN(C(=O)CN1CCC(O)CC1)c1ccc(N2CCc3c(C(F)(F)F)nn(-c4cccc(C(N)=O)c4)c3C2=O)cc1. The number of primary amides is 1. The molecule has 0 aliphatic carbocycles. The number of hydrogen-bond donors (Lipinski definition) is 2. The van der Waals surface area contributed by atoms with E-state index in [2.05, 4.69) is 5.10 Å². The Morgan fingerprint density at radius 2 is 1.76 bits per heavy atom. The van der Waals surface area contributed by atoms with Crippen molar-refractivity contribution in [2.75, 3.05) is 43.0 Å². The zero-order valence-electron chi connectivity index (χ0n) is 22.3. The first-order valence-corrected chi connectivity index (χ1v) is 13.1. The molecule has 2 aliphatic heterocycles. The van der Waals surface area contributed by atoms with E-state index in [0.717, 1.165) is 4.68 Å². The van der Waals surface area contributed by atoms with Crippen LogP contribution in [-0.4, -0.2) is 76.8 Å². The van der Waals surface area contributed by atoms with Gasteiger partial charge in [0.25, 0.3) is 5.91 Å². The second-order valence-electron chi connectivity index (χ2n) is 10.2. The molecule has 0 spiro atoms. The van der Waals surface area contributed by atoms with Crippen LogP contribution in [0, 0.1) is 0 Å². The largest absolute Gasteiger partial charge is 0.435 e. The quantitative estimate of drug-likeness (QED) is 0.470. The first-order chi connectivity index (χ1) is 19.4. The number of nitrogens with zero attached hydrogens (tertiary/aromatic N) is 5. The number of carbonyl (C=O) groups is 3. The van der Waals surface area contributed by atoms with E-state index in [-0.39, 0.29) is 54.0 Å². The number of hydrogen-bond acceptors (Lipinski definition) is 6. The fourth-order valence-corrected chi connectivity index (χ4v) is 5.19. The minimum Gasteiger partial charge on any atom is -0.393 e. The number of aromatic nitrogens is 2. The number of benzene rings is 2. The number of nitrogens with two attached hydrogens (primary N) is 1. The maximum Gasteiger partial charge on any atom is 0.435 e. The number of halogens is 3. The molecule has 13 heteroatoms. The Kier molecular flexibility index (Phi) is 7.58. The monoisotopic (exact) mass is 570 g/mol. The Morgan fingerprint density at radius 1 is 1.07 bits per heavy atom. The lowest BCUT2D eigenvalue weighted by Gasteiger charge is -2.30. The molecule has 3 heterocycles. The highest BCUT2D eigenvalue weighted by Crippen LogP contribution is 2.37. The molecule has 0 radical (unpaired) electrons. The van der Waals surface area contributed by atoms with Crippen LogP contribution in [0.15, 0.2) is 48.5 Å². The molecule has 3 N–H and O–H groups in total. The van der Waals surface area contributed by atoms with Gasteiger partial charge in [0, 0.05) is 49.2 Å². The summed E-state index contributed by atoms with van der Waals surface area (Å²) in [5.41, 5.74) is 4.94. The van der Waals surface area contributed by atoms with Gasteiger partial charge in [-0.05, 0) is 61.7 Å². The molecule has 10 nitrogen and oxygen atoms in total. The average molecular weight is 571 g/mol. The first kappa shape index (κ1) is 28.3. The third kappa shape index (κ3) is 5.68. The van der Waals surface area contributed by atoms with Gasteiger partial charge >= 0.3 is 6.18 Å². The van der Waals surface area contributed by atoms with Crippen molar-refractivity contribution in [3.05, 3.63) is 71.0 Å². The van der Waals surface area contributed by atoms with Crippen molar-refractivity contribution in [2.24, 2.45) is 5.73 Å². The number of aliphatic hydroxyl groups is 1. The van der Waals surface area contributed by atoms with Gasteiger partial charge in [-0.3, -0.25) is 19.3 Å². The van der Waals surface area contributed by atoms with E-state index in [9.17, 15) is 32.7 Å². The van der Waals surface area contributed by atoms with Gasteiger partial charge < -0.3 is 20.6 Å². The van der Waals surface area contributed by atoms with E-state index in [1.807, 2.05) is 4.90 Å². The van der Waals surface area contributed by atoms with Crippen molar-refractivity contribution in [1.29, 1.82) is 0 Å². The van der Waals surface area contributed by atoms with Gasteiger partial charge in [0.05, 0.1) is 18.3 Å². The summed E-state index contributed by atoms with van der Waals surface area (Å²) in [5, 5.41) is 13.4.